The van der Waals surface area contributed by atoms with Crippen LogP contribution >= 0.6 is 0 Å². The maximum atomic E-state index is 12.5. The Morgan fingerprint density at radius 3 is 2.06 bits per heavy atom. The first-order valence-electron chi connectivity index (χ1n) is 11.2. The molecule has 4 heterocycles. The zero-order valence-corrected chi connectivity index (χ0v) is 17.9. The van der Waals surface area contributed by atoms with Crippen LogP contribution in [-0.2, 0) is 4.79 Å². The smallest absolute Gasteiger partial charge is 0.276 e. The first-order chi connectivity index (χ1) is 15.2. The highest BCUT2D eigenvalue weighted by Crippen LogP contribution is 2.26. The van der Waals surface area contributed by atoms with E-state index < -0.39 is 0 Å². The van der Waals surface area contributed by atoms with Crippen molar-refractivity contribution < 1.29 is 4.79 Å². The quantitative estimate of drug-likeness (QED) is 0.761. The number of para-hydroxylation sites is 1. The summed E-state index contributed by atoms with van der Waals surface area (Å²) in [5.74, 6) is 1.65. The normalized spacial score (nSPS) is 20.0. The molecule has 1 amide bonds. The summed E-state index contributed by atoms with van der Waals surface area (Å²) in [6, 6.07) is 7.57. The van der Waals surface area contributed by atoms with Gasteiger partial charge < -0.3 is 15.1 Å². The summed E-state index contributed by atoms with van der Waals surface area (Å²) in [6.45, 7) is 3.82. The van der Waals surface area contributed by atoms with E-state index >= 15 is 0 Å². The Hall–Kier alpha value is -3.23. The number of nitrogens with one attached hydrogen (secondary N) is 1. The molecular formula is C22H28N8O. The predicted octanol–water partition coefficient (Wildman–Crippen LogP) is 2.64. The van der Waals surface area contributed by atoms with Crippen molar-refractivity contribution in [3.8, 4) is 0 Å². The number of hydrazone groups is 1. The molecule has 3 aliphatic rings. The van der Waals surface area contributed by atoms with Crippen LogP contribution in [0, 0.1) is 0 Å². The zero-order chi connectivity index (χ0) is 21.2. The van der Waals surface area contributed by atoms with E-state index in [1.807, 2.05) is 24.3 Å². The predicted molar refractivity (Wildman–Crippen MR) is 122 cm³/mol. The van der Waals surface area contributed by atoms with Crippen LogP contribution in [0.25, 0.3) is 0 Å². The van der Waals surface area contributed by atoms with Gasteiger partial charge in [-0.05, 0) is 44.6 Å². The lowest BCUT2D eigenvalue weighted by Crippen LogP contribution is -2.35. The number of piperidine rings is 2. The molecule has 0 radical (unpaired) electrons. The lowest BCUT2D eigenvalue weighted by atomic mass is 10.1. The number of anilines is 4. The third kappa shape index (κ3) is 4.04. The van der Waals surface area contributed by atoms with E-state index in [-0.39, 0.29) is 5.91 Å². The summed E-state index contributed by atoms with van der Waals surface area (Å²) in [4.78, 5) is 31.3. The highest BCUT2D eigenvalue weighted by atomic mass is 16.2. The molecule has 1 aromatic heterocycles. The van der Waals surface area contributed by atoms with Crippen LogP contribution < -0.4 is 20.1 Å². The summed E-state index contributed by atoms with van der Waals surface area (Å²) in [5.41, 5.74) is 1.94. The fourth-order valence-corrected chi connectivity index (χ4v) is 4.36. The Balaban J connectivity index is 1.50. The van der Waals surface area contributed by atoms with Crippen LogP contribution in [0.5, 0.6) is 0 Å². The summed E-state index contributed by atoms with van der Waals surface area (Å²) in [6.07, 6.45) is 7.08. The number of hydrogen-bond acceptors (Lipinski definition) is 8. The number of hydrogen-bond donors (Lipinski definition) is 1. The van der Waals surface area contributed by atoms with Crippen LogP contribution in [0.4, 0.5) is 23.5 Å². The molecule has 9 heteroatoms. The van der Waals surface area contributed by atoms with Gasteiger partial charge in [0.2, 0.25) is 11.9 Å². The average Bonchev–Trinajstić information content (AvgIpc) is 3.15. The molecule has 0 unspecified atom stereocenters. The molecule has 5 rings (SSSR count). The molecule has 2 saturated heterocycles. The van der Waals surface area contributed by atoms with Gasteiger partial charge in [-0.25, -0.2) is 5.01 Å². The molecule has 3 aliphatic heterocycles. The van der Waals surface area contributed by atoms with Crippen molar-refractivity contribution in [3.63, 3.8) is 0 Å². The van der Waals surface area contributed by atoms with Crippen molar-refractivity contribution in [1.82, 2.24) is 15.0 Å². The number of rotatable bonds is 4. The SMILES string of the molecule is CN(N=C1C(=O)Nc2ccccc21)c1nc(N2CCCCC2)nc(N2CCCCC2)n1. The monoisotopic (exact) mass is 420 g/mol. The van der Waals surface area contributed by atoms with Gasteiger partial charge in [-0.2, -0.15) is 20.1 Å². The zero-order valence-electron chi connectivity index (χ0n) is 17.9. The maximum absolute atomic E-state index is 12.5. The Kier molecular flexibility index (Phi) is 5.40. The highest BCUT2D eigenvalue weighted by molar-refractivity contribution is 6.53. The van der Waals surface area contributed by atoms with Crippen LogP contribution in [0.2, 0.25) is 0 Å². The minimum atomic E-state index is -0.213. The molecule has 2 fully saturated rings. The van der Waals surface area contributed by atoms with Gasteiger partial charge in [0.05, 0.1) is 5.69 Å². The first-order valence-corrected chi connectivity index (χ1v) is 11.2. The van der Waals surface area contributed by atoms with E-state index in [0.717, 1.165) is 63.1 Å². The van der Waals surface area contributed by atoms with Crippen molar-refractivity contribution in [1.29, 1.82) is 0 Å². The maximum Gasteiger partial charge on any atom is 0.276 e. The van der Waals surface area contributed by atoms with E-state index in [0.29, 0.717) is 23.6 Å². The second kappa shape index (κ2) is 8.49. The molecule has 2 aromatic rings. The molecule has 0 atom stereocenters. The van der Waals surface area contributed by atoms with Gasteiger partial charge in [-0.3, -0.25) is 4.79 Å². The van der Waals surface area contributed by atoms with Crippen molar-refractivity contribution in [2.45, 2.75) is 38.5 Å². The summed E-state index contributed by atoms with van der Waals surface area (Å²) < 4.78 is 0. The number of nitrogens with zero attached hydrogens (tertiary/aromatic N) is 7. The largest absolute Gasteiger partial charge is 0.341 e. The highest BCUT2D eigenvalue weighted by Gasteiger charge is 2.27. The number of aromatic nitrogens is 3. The molecule has 0 bridgehead atoms. The van der Waals surface area contributed by atoms with Gasteiger partial charge >= 0.3 is 0 Å². The van der Waals surface area contributed by atoms with Crippen molar-refractivity contribution in [3.05, 3.63) is 29.8 Å². The fraction of sp³-hybridized carbons (Fsp3) is 0.500. The van der Waals surface area contributed by atoms with E-state index in [2.05, 4.69) is 20.2 Å². The second-order valence-electron chi connectivity index (χ2n) is 8.30. The van der Waals surface area contributed by atoms with Crippen LogP contribution in [0.3, 0.4) is 0 Å². The Labute approximate surface area is 182 Å². The molecule has 1 N–H and O–H groups in total. The molecular weight excluding hydrogens is 392 g/mol. The minimum absolute atomic E-state index is 0.213. The van der Waals surface area contributed by atoms with Gasteiger partial charge in [-0.1, -0.05) is 18.2 Å². The van der Waals surface area contributed by atoms with Crippen molar-refractivity contribution in [2.24, 2.45) is 5.10 Å². The summed E-state index contributed by atoms with van der Waals surface area (Å²) in [5, 5.41) is 9.05. The second-order valence-corrected chi connectivity index (χ2v) is 8.30. The van der Waals surface area contributed by atoms with E-state index in [1.165, 1.54) is 12.8 Å². The molecule has 0 spiro atoms. The van der Waals surface area contributed by atoms with Crippen LogP contribution in [-0.4, -0.2) is 59.8 Å². The van der Waals surface area contributed by atoms with E-state index in [4.69, 9.17) is 15.0 Å². The van der Waals surface area contributed by atoms with Crippen LogP contribution in [0.1, 0.15) is 44.1 Å². The number of benzene rings is 1. The third-order valence-corrected chi connectivity index (χ3v) is 6.06. The standard InChI is InChI=1S/C22H28N8O/c1-28(27-18-16-10-4-5-11-17(16)23-19(18)31)20-24-21(29-12-6-2-7-13-29)26-22(25-20)30-14-8-3-9-15-30/h4-5,10-11H,2-3,6-9,12-15H2,1H3,(H,23,27,31). The van der Waals surface area contributed by atoms with Gasteiger partial charge in [0.15, 0.2) is 5.71 Å². The van der Waals surface area contributed by atoms with Gasteiger partial charge in [0, 0.05) is 38.8 Å². The molecule has 31 heavy (non-hydrogen) atoms. The number of carbonyl (C=O) groups is 1. The Morgan fingerprint density at radius 2 is 1.45 bits per heavy atom. The summed E-state index contributed by atoms with van der Waals surface area (Å²) in [7, 11) is 1.79. The van der Waals surface area contributed by atoms with Gasteiger partial charge in [0.1, 0.15) is 0 Å². The lowest BCUT2D eigenvalue weighted by Gasteiger charge is -2.30. The topological polar surface area (TPSA) is 89.8 Å². The molecule has 9 nitrogen and oxygen atoms in total. The lowest BCUT2D eigenvalue weighted by molar-refractivity contribution is -0.110. The van der Waals surface area contributed by atoms with Crippen LogP contribution in [0.15, 0.2) is 29.4 Å². The molecule has 0 saturated carbocycles. The Bertz CT molecular complexity index is 959. The molecule has 162 valence electrons. The average molecular weight is 421 g/mol. The molecule has 0 aliphatic carbocycles. The van der Waals surface area contributed by atoms with Gasteiger partial charge in [0.25, 0.3) is 11.9 Å². The van der Waals surface area contributed by atoms with Crippen molar-refractivity contribution in [2.75, 3.05) is 53.4 Å². The van der Waals surface area contributed by atoms with E-state index in [1.54, 1.807) is 12.1 Å². The number of carbonyl (C=O) groups excluding carboxylic acids is 1. The Morgan fingerprint density at radius 1 is 0.871 bits per heavy atom. The minimum Gasteiger partial charge on any atom is -0.341 e. The first kappa shape index (κ1) is 19.7. The van der Waals surface area contributed by atoms with Crippen molar-refractivity contribution >= 4 is 35.2 Å². The number of fused-ring (bicyclic) bond motifs is 1. The van der Waals surface area contributed by atoms with E-state index in [9.17, 15) is 4.79 Å². The third-order valence-electron chi connectivity index (χ3n) is 6.06. The molecule has 1 aromatic carbocycles. The number of amides is 1. The fourth-order valence-electron chi connectivity index (χ4n) is 4.36. The van der Waals surface area contributed by atoms with Gasteiger partial charge in [-0.15, -0.1) is 0 Å². The summed E-state index contributed by atoms with van der Waals surface area (Å²) >= 11 is 0.